The fourth-order valence-corrected chi connectivity index (χ4v) is 5.88. The van der Waals surface area contributed by atoms with Crippen molar-refractivity contribution in [1.82, 2.24) is 29.4 Å². The lowest BCUT2D eigenvalue weighted by molar-refractivity contribution is 0.189. The number of hydrogen-bond acceptors (Lipinski definition) is 9. The minimum Gasteiger partial charge on any atom is -0.495 e. The van der Waals surface area contributed by atoms with Gasteiger partial charge in [-0.05, 0) is 55.5 Å². The maximum Gasteiger partial charge on any atom is 0.229 e. The molecule has 2 N–H and O–H groups in total. The summed E-state index contributed by atoms with van der Waals surface area (Å²) < 4.78 is 39.1. The summed E-state index contributed by atoms with van der Waals surface area (Å²) in [7, 11) is 1.98. The van der Waals surface area contributed by atoms with Crippen LogP contribution >= 0.6 is 0 Å². The molecule has 0 unspecified atom stereocenters. The molecular weight excluding hydrogens is 482 g/mol. The van der Waals surface area contributed by atoms with Crippen molar-refractivity contribution in [2.75, 3.05) is 52.0 Å². The van der Waals surface area contributed by atoms with Crippen molar-refractivity contribution in [2.24, 2.45) is 5.92 Å². The van der Waals surface area contributed by atoms with Crippen molar-refractivity contribution < 1.29 is 17.9 Å². The van der Waals surface area contributed by atoms with Crippen LogP contribution in [0.2, 0.25) is 0 Å². The molecule has 1 aliphatic carbocycles. The average Bonchev–Trinajstić information content (AvgIpc) is 3.24. The molecule has 3 heterocycles. The first-order valence-electron chi connectivity index (χ1n) is 12.2. The van der Waals surface area contributed by atoms with Crippen LogP contribution in [0.3, 0.4) is 0 Å². The Balaban J connectivity index is 1.28. The SMILES string of the molecule is COCCS(=O)(=O)NC[C@H]1C[C@H](n2ncc3cnc(Nc4cc5c(cc4OC)CCN(C)C5)nc32)C1. The first kappa shape index (κ1) is 24.9. The standard InChI is InChI=1S/C24H33N7O4S/c1-30-5-4-17-11-22(35-3)21(10-18(17)15-30)28-24-25-13-19-14-26-31(23(19)29-24)20-8-16(9-20)12-27-36(32,33)7-6-34-2/h10-11,13-14,16,20,27H,4-9,12,15H2,1-3H3,(H,25,28,29)/t16-,20-. The molecule has 2 aromatic heterocycles. The Hall–Kier alpha value is -2.80. The maximum absolute atomic E-state index is 12.0. The summed E-state index contributed by atoms with van der Waals surface area (Å²) in [5.41, 5.74) is 4.18. The van der Waals surface area contributed by atoms with Crippen LogP contribution in [0.5, 0.6) is 5.75 Å². The molecule has 0 bridgehead atoms. The van der Waals surface area contributed by atoms with E-state index in [1.54, 1.807) is 19.5 Å². The largest absolute Gasteiger partial charge is 0.495 e. The molecule has 2 aliphatic rings. The quantitative estimate of drug-likeness (QED) is 0.418. The zero-order valence-corrected chi connectivity index (χ0v) is 21.7. The van der Waals surface area contributed by atoms with Crippen LogP contribution in [0.1, 0.15) is 30.0 Å². The molecule has 12 heteroatoms. The molecule has 1 aliphatic heterocycles. The zero-order chi connectivity index (χ0) is 25.3. The summed E-state index contributed by atoms with van der Waals surface area (Å²) >= 11 is 0. The molecule has 5 rings (SSSR count). The first-order valence-corrected chi connectivity index (χ1v) is 13.8. The van der Waals surface area contributed by atoms with E-state index in [1.807, 2.05) is 4.68 Å². The van der Waals surface area contributed by atoms with Gasteiger partial charge in [-0.25, -0.2) is 22.8 Å². The lowest BCUT2D eigenvalue weighted by atomic mass is 9.80. The first-order chi connectivity index (χ1) is 17.3. The molecule has 0 amide bonds. The van der Waals surface area contributed by atoms with Gasteiger partial charge in [-0.15, -0.1) is 0 Å². The van der Waals surface area contributed by atoms with Gasteiger partial charge < -0.3 is 19.7 Å². The predicted octanol–water partition coefficient (Wildman–Crippen LogP) is 2.08. The van der Waals surface area contributed by atoms with E-state index in [4.69, 9.17) is 14.5 Å². The molecule has 0 atom stereocenters. The Bertz CT molecular complexity index is 1340. The molecule has 0 saturated heterocycles. The number of methoxy groups -OCH3 is 2. The highest BCUT2D eigenvalue weighted by molar-refractivity contribution is 7.89. The van der Waals surface area contributed by atoms with Gasteiger partial charge in [0.1, 0.15) is 5.75 Å². The van der Waals surface area contributed by atoms with Crippen LogP contribution in [-0.4, -0.2) is 79.8 Å². The molecule has 194 valence electrons. The van der Waals surface area contributed by atoms with Crippen molar-refractivity contribution in [1.29, 1.82) is 0 Å². The minimum atomic E-state index is -3.31. The van der Waals surface area contributed by atoms with Gasteiger partial charge in [0.15, 0.2) is 5.65 Å². The molecule has 11 nitrogen and oxygen atoms in total. The summed E-state index contributed by atoms with van der Waals surface area (Å²) in [6.07, 6.45) is 6.22. The second-order valence-electron chi connectivity index (χ2n) is 9.65. The Labute approximate surface area is 211 Å². The third-order valence-corrected chi connectivity index (χ3v) is 8.32. The minimum absolute atomic E-state index is 0.0259. The van der Waals surface area contributed by atoms with Crippen LogP contribution in [-0.2, 0) is 27.7 Å². The highest BCUT2D eigenvalue weighted by atomic mass is 32.2. The Morgan fingerprint density at radius 1 is 1.17 bits per heavy atom. The zero-order valence-electron chi connectivity index (χ0n) is 20.9. The van der Waals surface area contributed by atoms with E-state index in [1.165, 1.54) is 18.2 Å². The van der Waals surface area contributed by atoms with Crippen LogP contribution < -0.4 is 14.8 Å². The second-order valence-corrected chi connectivity index (χ2v) is 11.6. The van der Waals surface area contributed by atoms with E-state index in [0.29, 0.717) is 12.5 Å². The van der Waals surface area contributed by atoms with Gasteiger partial charge in [0.05, 0.1) is 42.8 Å². The normalized spacial score (nSPS) is 20.2. The van der Waals surface area contributed by atoms with E-state index in [9.17, 15) is 8.42 Å². The monoisotopic (exact) mass is 515 g/mol. The van der Waals surface area contributed by atoms with Gasteiger partial charge in [0, 0.05) is 32.9 Å². The number of fused-ring (bicyclic) bond motifs is 2. The number of sulfonamides is 1. The molecular formula is C24H33N7O4S. The second kappa shape index (κ2) is 10.3. The van der Waals surface area contributed by atoms with Crippen molar-refractivity contribution in [3.63, 3.8) is 0 Å². The highest BCUT2D eigenvalue weighted by Gasteiger charge is 2.33. The Morgan fingerprint density at radius 2 is 2.00 bits per heavy atom. The topological polar surface area (TPSA) is 124 Å². The number of aromatic nitrogens is 4. The lowest BCUT2D eigenvalue weighted by Gasteiger charge is -2.35. The van der Waals surface area contributed by atoms with Crippen LogP contribution in [0.15, 0.2) is 24.5 Å². The number of nitrogens with zero attached hydrogens (tertiary/aromatic N) is 5. The lowest BCUT2D eigenvalue weighted by Crippen LogP contribution is -2.38. The Morgan fingerprint density at radius 3 is 2.78 bits per heavy atom. The fourth-order valence-electron chi connectivity index (χ4n) is 4.85. The van der Waals surface area contributed by atoms with Crippen molar-refractivity contribution in [2.45, 2.75) is 31.8 Å². The molecule has 3 aromatic rings. The van der Waals surface area contributed by atoms with E-state index in [0.717, 1.165) is 54.8 Å². The maximum atomic E-state index is 12.0. The number of rotatable bonds is 10. The molecule has 1 aromatic carbocycles. The summed E-state index contributed by atoms with van der Waals surface area (Å²) in [5.74, 6) is 1.49. The number of likely N-dealkylation sites (N-methyl/N-ethyl adjacent to an activating group) is 1. The van der Waals surface area contributed by atoms with Crippen LogP contribution in [0.25, 0.3) is 11.0 Å². The summed E-state index contributed by atoms with van der Waals surface area (Å²) in [6, 6.07) is 4.40. The molecule has 1 fully saturated rings. The molecule has 0 spiro atoms. The number of anilines is 2. The molecule has 0 radical (unpaired) electrons. The van der Waals surface area contributed by atoms with Crippen molar-refractivity contribution in [3.05, 3.63) is 35.7 Å². The van der Waals surface area contributed by atoms with E-state index < -0.39 is 10.0 Å². The van der Waals surface area contributed by atoms with Gasteiger partial charge >= 0.3 is 0 Å². The fraction of sp³-hybridized carbons (Fsp3) is 0.542. The summed E-state index contributed by atoms with van der Waals surface area (Å²) in [6.45, 7) is 2.55. The third kappa shape index (κ3) is 5.31. The Kier molecular flexibility index (Phi) is 7.11. The predicted molar refractivity (Wildman–Crippen MR) is 137 cm³/mol. The van der Waals surface area contributed by atoms with Crippen LogP contribution in [0.4, 0.5) is 11.6 Å². The van der Waals surface area contributed by atoms with E-state index >= 15 is 0 Å². The number of hydrogen-bond donors (Lipinski definition) is 2. The molecule has 1 saturated carbocycles. The van der Waals surface area contributed by atoms with Gasteiger partial charge in [0.2, 0.25) is 16.0 Å². The third-order valence-electron chi connectivity index (χ3n) is 7.01. The number of nitrogens with one attached hydrogen (secondary N) is 2. The van der Waals surface area contributed by atoms with Gasteiger partial charge in [0.25, 0.3) is 0 Å². The smallest absolute Gasteiger partial charge is 0.229 e. The summed E-state index contributed by atoms with van der Waals surface area (Å²) in [4.78, 5) is 11.6. The summed E-state index contributed by atoms with van der Waals surface area (Å²) in [5, 5.41) is 8.76. The van der Waals surface area contributed by atoms with Crippen LogP contribution in [0, 0.1) is 5.92 Å². The van der Waals surface area contributed by atoms with Gasteiger partial charge in [-0.3, -0.25) is 0 Å². The van der Waals surface area contributed by atoms with Crippen molar-refractivity contribution in [3.8, 4) is 5.75 Å². The average molecular weight is 516 g/mol. The highest BCUT2D eigenvalue weighted by Crippen LogP contribution is 2.39. The number of benzene rings is 1. The van der Waals surface area contributed by atoms with Gasteiger partial charge in [-0.1, -0.05) is 0 Å². The van der Waals surface area contributed by atoms with Gasteiger partial charge in [-0.2, -0.15) is 10.1 Å². The van der Waals surface area contributed by atoms with E-state index in [-0.39, 0.29) is 24.3 Å². The van der Waals surface area contributed by atoms with E-state index in [2.05, 4.69) is 44.2 Å². The number of ether oxygens (including phenoxy) is 2. The molecule has 36 heavy (non-hydrogen) atoms. The van der Waals surface area contributed by atoms with Crippen molar-refractivity contribution >= 4 is 32.7 Å².